The molecule has 0 unspecified atom stereocenters. The highest BCUT2D eigenvalue weighted by molar-refractivity contribution is 5.63. The first-order chi connectivity index (χ1) is 6.72. The minimum atomic E-state index is 0.438. The zero-order valence-corrected chi connectivity index (χ0v) is 8.23. The molecule has 0 spiro atoms. The molecule has 2 aromatic rings. The van der Waals surface area contributed by atoms with E-state index in [1.165, 1.54) is 5.56 Å². The first-order valence-corrected chi connectivity index (χ1v) is 4.57. The molecule has 0 aliphatic rings. The van der Waals surface area contributed by atoms with E-state index >= 15 is 0 Å². The summed E-state index contributed by atoms with van der Waals surface area (Å²) in [4.78, 5) is 3.41. The van der Waals surface area contributed by atoms with E-state index in [4.69, 9.17) is 6.57 Å². The second-order valence-electron chi connectivity index (χ2n) is 3.58. The van der Waals surface area contributed by atoms with E-state index in [2.05, 4.69) is 23.8 Å². The van der Waals surface area contributed by atoms with E-state index in [0.717, 1.165) is 5.52 Å². The molecule has 2 heterocycles. The van der Waals surface area contributed by atoms with Crippen LogP contribution in [0.25, 0.3) is 10.4 Å². The maximum atomic E-state index is 6.95. The maximum absolute atomic E-state index is 6.95. The van der Waals surface area contributed by atoms with Gasteiger partial charge in [0, 0.05) is 6.20 Å². The van der Waals surface area contributed by atoms with E-state index in [0.29, 0.717) is 11.6 Å². The molecule has 2 rings (SSSR count). The Morgan fingerprint density at radius 1 is 1.50 bits per heavy atom. The average molecular weight is 185 g/mol. The van der Waals surface area contributed by atoms with Crippen molar-refractivity contribution in [2.75, 3.05) is 0 Å². The molecule has 0 radical (unpaired) electrons. The van der Waals surface area contributed by atoms with Gasteiger partial charge < -0.3 is 0 Å². The van der Waals surface area contributed by atoms with Crippen LogP contribution in [0, 0.1) is 6.57 Å². The lowest BCUT2D eigenvalue weighted by molar-refractivity contribution is 0.875. The number of fused-ring (bicyclic) bond motifs is 1. The van der Waals surface area contributed by atoms with E-state index < -0.39 is 0 Å². The standard InChI is InChI=1S/C11H11N3/c1-8(2)10-7-13-14-5-4-9(12-3)6-11(10)14/h4-8H,1-2H3. The Bertz CT molecular complexity index is 503. The summed E-state index contributed by atoms with van der Waals surface area (Å²) < 4.78 is 1.81. The van der Waals surface area contributed by atoms with E-state index in [9.17, 15) is 0 Å². The van der Waals surface area contributed by atoms with Crippen LogP contribution in [-0.2, 0) is 0 Å². The number of pyridine rings is 1. The molecule has 2 aromatic heterocycles. The summed E-state index contributed by atoms with van der Waals surface area (Å²) in [5, 5.41) is 4.23. The number of hydrogen-bond donors (Lipinski definition) is 0. The summed E-state index contributed by atoms with van der Waals surface area (Å²) in [6.45, 7) is 11.2. The van der Waals surface area contributed by atoms with Crippen LogP contribution in [0.15, 0.2) is 24.5 Å². The Balaban J connectivity index is 2.71. The molecular weight excluding hydrogens is 174 g/mol. The van der Waals surface area contributed by atoms with Crippen molar-refractivity contribution in [3.05, 3.63) is 41.5 Å². The summed E-state index contributed by atoms with van der Waals surface area (Å²) in [7, 11) is 0. The van der Waals surface area contributed by atoms with Gasteiger partial charge in [-0.15, -0.1) is 0 Å². The van der Waals surface area contributed by atoms with E-state index in [1.54, 1.807) is 6.07 Å². The third-order valence-corrected chi connectivity index (χ3v) is 2.29. The van der Waals surface area contributed by atoms with Crippen LogP contribution in [-0.4, -0.2) is 9.61 Å². The summed E-state index contributed by atoms with van der Waals surface area (Å²) in [6, 6.07) is 3.66. The molecule has 0 bridgehead atoms. The topological polar surface area (TPSA) is 21.7 Å². The summed E-state index contributed by atoms with van der Waals surface area (Å²) in [5.41, 5.74) is 2.89. The fourth-order valence-corrected chi connectivity index (χ4v) is 1.50. The normalized spacial score (nSPS) is 10.7. The van der Waals surface area contributed by atoms with Crippen LogP contribution in [0.2, 0.25) is 0 Å². The molecule has 0 saturated heterocycles. The minimum absolute atomic E-state index is 0.438. The molecule has 0 aliphatic heterocycles. The van der Waals surface area contributed by atoms with Gasteiger partial charge in [0.05, 0.1) is 18.3 Å². The predicted molar refractivity (Wildman–Crippen MR) is 55.5 cm³/mol. The Morgan fingerprint density at radius 3 is 2.93 bits per heavy atom. The van der Waals surface area contributed by atoms with Crippen LogP contribution >= 0.6 is 0 Å². The number of hydrogen-bond acceptors (Lipinski definition) is 1. The molecule has 14 heavy (non-hydrogen) atoms. The predicted octanol–water partition coefficient (Wildman–Crippen LogP) is 3.01. The van der Waals surface area contributed by atoms with Crippen molar-refractivity contribution in [3.8, 4) is 0 Å². The van der Waals surface area contributed by atoms with Gasteiger partial charge in [0.15, 0.2) is 5.69 Å². The minimum Gasteiger partial charge on any atom is -0.243 e. The average Bonchev–Trinajstić information content (AvgIpc) is 2.59. The van der Waals surface area contributed by atoms with Crippen molar-refractivity contribution in [1.82, 2.24) is 9.61 Å². The summed E-state index contributed by atoms with van der Waals surface area (Å²) in [5.74, 6) is 0.438. The highest BCUT2D eigenvalue weighted by Gasteiger charge is 2.07. The first-order valence-electron chi connectivity index (χ1n) is 4.57. The van der Waals surface area contributed by atoms with Crippen molar-refractivity contribution in [1.29, 1.82) is 0 Å². The second-order valence-corrected chi connectivity index (χ2v) is 3.58. The van der Waals surface area contributed by atoms with Crippen LogP contribution in [0.1, 0.15) is 25.3 Å². The molecule has 0 atom stereocenters. The molecular formula is C11H11N3. The first kappa shape index (κ1) is 8.76. The van der Waals surface area contributed by atoms with Crippen molar-refractivity contribution >= 4 is 11.2 Å². The van der Waals surface area contributed by atoms with Gasteiger partial charge in [-0.1, -0.05) is 13.8 Å². The molecule has 0 aromatic carbocycles. The van der Waals surface area contributed by atoms with Crippen LogP contribution in [0.3, 0.4) is 0 Å². The van der Waals surface area contributed by atoms with Crippen molar-refractivity contribution in [2.24, 2.45) is 0 Å². The maximum Gasteiger partial charge on any atom is 0.190 e. The molecule has 3 heteroatoms. The molecule has 0 amide bonds. The van der Waals surface area contributed by atoms with Gasteiger partial charge in [0.25, 0.3) is 0 Å². The third kappa shape index (κ3) is 1.25. The monoisotopic (exact) mass is 185 g/mol. The van der Waals surface area contributed by atoms with Gasteiger partial charge in [-0.25, -0.2) is 9.36 Å². The quantitative estimate of drug-likeness (QED) is 0.626. The fourth-order valence-electron chi connectivity index (χ4n) is 1.50. The van der Waals surface area contributed by atoms with Gasteiger partial charge in [0.1, 0.15) is 0 Å². The van der Waals surface area contributed by atoms with Gasteiger partial charge >= 0.3 is 0 Å². The number of rotatable bonds is 1. The highest BCUT2D eigenvalue weighted by atomic mass is 15.2. The van der Waals surface area contributed by atoms with Crippen molar-refractivity contribution in [3.63, 3.8) is 0 Å². The molecule has 0 aliphatic carbocycles. The van der Waals surface area contributed by atoms with E-state index in [1.807, 2.05) is 23.0 Å². The lowest BCUT2D eigenvalue weighted by Crippen LogP contribution is -1.87. The Hall–Kier alpha value is -1.82. The molecule has 0 N–H and O–H groups in total. The lowest BCUT2D eigenvalue weighted by Gasteiger charge is -2.01. The second kappa shape index (κ2) is 3.15. The smallest absolute Gasteiger partial charge is 0.190 e. The molecule has 3 nitrogen and oxygen atoms in total. The SMILES string of the molecule is [C-]#[N+]c1ccn2ncc(C(C)C)c2c1. The fraction of sp³-hybridized carbons (Fsp3) is 0.273. The zero-order valence-electron chi connectivity index (χ0n) is 8.23. The Kier molecular flexibility index (Phi) is 1.97. The largest absolute Gasteiger partial charge is 0.243 e. The molecule has 0 fully saturated rings. The summed E-state index contributed by atoms with van der Waals surface area (Å²) >= 11 is 0. The van der Waals surface area contributed by atoms with Crippen LogP contribution < -0.4 is 0 Å². The zero-order chi connectivity index (χ0) is 10.1. The number of aromatic nitrogens is 2. The van der Waals surface area contributed by atoms with Crippen molar-refractivity contribution < 1.29 is 0 Å². The van der Waals surface area contributed by atoms with Gasteiger partial charge in [-0.3, -0.25) is 0 Å². The Morgan fingerprint density at radius 2 is 2.29 bits per heavy atom. The molecule has 0 saturated carbocycles. The summed E-state index contributed by atoms with van der Waals surface area (Å²) in [6.07, 6.45) is 3.70. The molecule has 70 valence electrons. The van der Waals surface area contributed by atoms with Crippen molar-refractivity contribution in [2.45, 2.75) is 19.8 Å². The van der Waals surface area contributed by atoms with E-state index in [-0.39, 0.29) is 0 Å². The number of nitrogens with zero attached hydrogens (tertiary/aromatic N) is 3. The van der Waals surface area contributed by atoms with Gasteiger partial charge in [-0.2, -0.15) is 5.10 Å². The van der Waals surface area contributed by atoms with Gasteiger partial charge in [0.2, 0.25) is 0 Å². The Labute approximate surface area is 82.8 Å². The lowest BCUT2D eigenvalue weighted by atomic mass is 10.1. The highest BCUT2D eigenvalue weighted by Crippen LogP contribution is 2.23. The van der Waals surface area contributed by atoms with Crippen LogP contribution in [0.5, 0.6) is 0 Å². The third-order valence-electron chi connectivity index (χ3n) is 2.29. The van der Waals surface area contributed by atoms with Gasteiger partial charge in [-0.05, 0) is 23.6 Å². The van der Waals surface area contributed by atoms with Crippen LogP contribution in [0.4, 0.5) is 5.69 Å².